The molecule has 0 spiro atoms. The van der Waals surface area contributed by atoms with Gasteiger partial charge in [0.2, 0.25) is 0 Å². The van der Waals surface area contributed by atoms with Crippen molar-refractivity contribution in [2.75, 3.05) is 21.3 Å². The van der Waals surface area contributed by atoms with Crippen LogP contribution in [0.4, 0.5) is 4.39 Å². The molecule has 0 unspecified atom stereocenters. The number of halogens is 1. The van der Waals surface area contributed by atoms with Gasteiger partial charge in [0, 0.05) is 16.7 Å². The van der Waals surface area contributed by atoms with E-state index in [1.54, 1.807) is 19.1 Å². The molecular weight excluding hydrogens is 431 g/mol. The molecule has 172 valence electrons. The zero-order valence-electron chi connectivity index (χ0n) is 18.9. The van der Waals surface area contributed by atoms with Gasteiger partial charge in [-0.15, -0.1) is 0 Å². The van der Waals surface area contributed by atoms with Crippen LogP contribution in [0.2, 0.25) is 0 Å². The van der Waals surface area contributed by atoms with Crippen molar-refractivity contribution in [3.8, 4) is 11.8 Å². The molecule has 2 aromatic carbocycles. The summed E-state index contributed by atoms with van der Waals surface area (Å²) in [5.41, 5.74) is 2.55. The van der Waals surface area contributed by atoms with E-state index in [0.717, 1.165) is 11.6 Å². The van der Waals surface area contributed by atoms with Crippen LogP contribution in [-0.4, -0.2) is 44.7 Å². The maximum atomic E-state index is 13.7. The molecule has 0 atom stereocenters. The Morgan fingerprint density at radius 2 is 1.79 bits per heavy atom. The zero-order valence-corrected chi connectivity index (χ0v) is 18.9. The van der Waals surface area contributed by atoms with Crippen LogP contribution in [0.15, 0.2) is 46.7 Å². The van der Waals surface area contributed by atoms with Crippen molar-refractivity contribution in [3.05, 3.63) is 70.0 Å². The zero-order chi connectivity index (χ0) is 24.4. The Labute approximate surface area is 191 Å². The number of methoxy groups -OCH3 is 2. The second-order valence-corrected chi connectivity index (χ2v) is 6.60. The number of carbonyl (C=O) groups excluding carboxylic acids is 2. The van der Waals surface area contributed by atoms with Gasteiger partial charge in [0.1, 0.15) is 25.2 Å². The predicted octanol–water partition coefficient (Wildman–Crippen LogP) is 3.39. The fraction of sp³-hybridized carbons (Fsp3) is 0.250. The number of esters is 2. The van der Waals surface area contributed by atoms with E-state index in [1.165, 1.54) is 33.5 Å². The molecule has 0 amide bonds. The van der Waals surface area contributed by atoms with Crippen LogP contribution in [0.5, 0.6) is 0 Å². The predicted molar refractivity (Wildman–Crippen MR) is 119 cm³/mol. The minimum atomic E-state index is -0.790. The molecule has 33 heavy (non-hydrogen) atoms. The Balaban J connectivity index is 2.21. The molecule has 0 aromatic heterocycles. The van der Waals surface area contributed by atoms with E-state index in [2.05, 4.69) is 26.9 Å². The average Bonchev–Trinajstić information content (AvgIpc) is 2.82. The summed E-state index contributed by atoms with van der Waals surface area (Å²) in [6.45, 7) is 3.51. The van der Waals surface area contributed by atoms with Gasteiger partial charge in [0.05, 0.1) is 19.8 Å². The van der Waals surface area contributed by atoms with Gasteiger partial charge in [-0.3, -0.25) is 0 Å². The molecule has 9 heteroatoms. The van der Waals surface area contributed by atoms with Gasteiger partial charge in [-0.2, -0.15) is 0 Å². The van der Waals surface area contributed by atoms with Crippen molar-refractivity contribution in [2.24, 2.45) is 10.3 Å². The molecule has 0 saturated carbocycles. The van der Waals surface area contributed by atoms with Crippen molar-refractivity contribution < 1.29 is 33.1 Å². The number of hydrogen-bond donors (Lipinski definition) is 0. The Morgan fingerprint density at radius 3 is 2.45 bits per heavy atom. The van der Waals surface area contributed by atoms with Crippen molar-refractivity contribution >= 4 is 23.4 Å². The summed E-state index contributed by atoms with van der Waals surface area (Å²) < 4.78 is 23.1. The van der Waals surface area contributed by atoms with E-state index >= 15 is 0 Å². The monoisotopic (exact) mass is 454 g/mol. The van der Waals surface area contributed by atoms with E-state index in [-0.39, 0.29) is 17.9 Å². The van der Waals surface area contributed by atoms with Crippen molar-refractivity contribution in [1.29, 1.82) is 0 Å². The molecule has 0 aliphatic carbocycles. The number of nitrogens with zero attached hydrogens (tertiary/aromatic N) is 2. The van der Waals surface area contributed by atoms with Crippen LogP contribution < -0.4 is 0 Å². The van der Waals surface area contributed by atoms with Crippen molar-refractivity contribution in [3.63, 3.8) is 0 Å². The minimum Gasteiger partial charge on any atom is -0.465 e. The molecule has 0 N–H and O–H groups in total. The number of benzene rings is 2. The number of hydrogen-bond acceptors (Lipinski definition) is 8. The molecule has 0 saturated heterocycles. The molecule has 0 fully saturated rings. The first-order valence-electron chi connectivity index (χ1n) is 9.67. The number of carbonyl (C=O) groups is 2. The molecule has 0 heterocycles. The number of rotatable bonds is 7. The van der Waals surface area contributed by atoms with Crippen molar-refractivity contribution in [1.82, 2.24) is 0 Å². The molecule has 0 bridgehead atoms. The van der Waals surface area contributed by atoms with Gasteiger partial charge in [-0.05, 0) is 43.5 Å². The normalized spacial score (nSPS) is 11.2. The Morgan fingerprint density at radius 1 is 1.03 bits per heavy atom. The fourth-order valence-electron chi connectivity index (χ4n) is 2.75. The van der Waals surface area contributed by atoms with Crippen LogP contribution in [-0.2, 0) is 30.6 Å². The Kier molecular flexibility index (Phi) is 9.12. The minimum absolute atomic E-state index is 0.000475. The van der Waals surface area contributed by atoms with Gasteiger partial charge in [0.25, 0.3) is 0 Å². The number of aryl methyl sites for hydroxylation is 1. The highest BCUT2D eigenvalue weighted by molar-refractivity contribution is 6.43. The molecular formula is C24H23FN2O6. The van der Waals surface area contributed by atoms with E-state index < -0.39 is 17.8 Å². The molecule has 2 aromatic rings. The highest BCUT2D eigenvalue weighted by Gasteiger charge is 2.20. The lowest BCUT2D eigenvalue weighted by Crippen LogP contribution is -2.20. The summed E-state index contributed by atoms with van der Waals surface area (Å²) in [4.78, 5) is 33.9. The lowest BCUT2D eigenvalue weighted by atomic mass is 9.99. The summed E-state index contributed by atoms with van der Waals surface area (Å²) in [5.74, 6) is 3.42. The summed E-state index contributed by atoms with van der Waals surface area (Å²) in [7, 11) is 3.75. The van der Waals surface area contributed by atoms with E-state index in [0.29, 0.717) is 22.4 Å². The van der Waals surface area contributed by atoms with Gasteiger partial charge in [0.15, 0.2) is 5.71 Å². The smallest absolute Gasteiger partial charge is 0.360 e. The third kappa shape index (κ3) is 6.64. The maximum absolute atomic E-state index is 13.7. The van der Waals surface area contributed by atoms with E-state index in [9.17, 15) is 14.0 Å². The van der Waals surface area contributed by atoms with Gasteiger partial charge in [-0.1, -0.05) is 34.4 Å². The second-order valence-electron chi connectivity index (χ2n) is 6.60. The topological polar surface area (TPSA) is 95.8 Å². The van der Waals surface area contributed by atoms with E-state index in [1.807, 2.05) is 13.0 Å². The van der Waals surface area contributed by atoms with Crippen LogP contribution in [0.25, 0.3) is 0 Å². The fourth-order valence-corrected chi connectivity index (χ4v) is 2.75. The standard InChI is InChI=1S/C24H23FN2O6/c1-15-7-6-8-18(22(27-32-5)24(29)31-4)20(15)14-33-26-16(2)9-10-17-11-12-21(25)19(13-17)23(28)30-3/h6-8,11-13H,14H2,1-5H3/b26-16+,27-22+. The largest absolute Gasteiger partial charge is 0.465 e. The summed E-state index contributed by atoms with van der Waals surface area (Å²) in [6, 6.07) is 9.20. The molecule has 8 nitrogen and oxygen atoms in total. The third-order valence-corrected chi connectivity index (χ3v) is 4.40. The number of oxime groups is 2. The molecule has 2 rings (SSSR count). The Hall–Kier alpha value is -4.19. The quantitative estimate of drug-likeness (QED) is 0.275. The van der Waals surface area contributed by atoms with E-state index in [4.69, 9.17) is 14.4 Å². The van der Waals surface area contributed by atoms with Crippen LogP contribution in [0, 0.1) is 24.6 Å². The highest BCUT2D eigenvalue weighted by atomic mass is 19.1. The van der Waals surface area contributed by atoms with Gasteiger partial charge in [-0.25, -0.2) is 14.0 Å². The first-order chi connectivity index (χ1) is 15.8. The third-order valence-electron chi connectivity index (χ3n) is 4.40. The first-order valence-corrected chi connectivity index (χ1v) is 9.67. The van der Waals surface area contributed by atoms with Crippen LogP contribution in [0.1, 0.15) is 39.5 Å². The SMILES string of the molecule is CO/N=C(/C(=O)OC)c1cccc(C)c1CO/N=C(\C)C#Cc1ccc(F)c(C(=O)OC)c1. The van der Waals surface area contributed by atoms with Gasteiger partial charge < -0.3 is 19.1 Å². The van der Waals surface area contributed by atoms with Gasteiger partial charge >= 0.3 is 11.9 Å². The van der Waals surface area contributed by atoms with Crippen LogP contribution in [0.3, 0.4) is 0 Å². The maximum Gasteiger partial charge on any atom is 0.360 e. The lowest BCUT2D eigenvalue weighted by molar-refractivity contribution is -0.132. The summed E-state index contributed by atoms with van der Waals surface area (Å²) in [6.07, 6.45) is 0. The lowest BCUT2D eigenvalue weighted by Gasteiger charge is -2.12. The second kappa shape index (κ2) is 12.0. The molecule has 0 aliphatic rings. The highest BCUT2D eigenvalue weighted by Crippen LogP contribution is 2.18. The van der Waals surface area contributed by atoms with Crippen LogP contribution >= 0.6 is 0 Å². The average molecular weight is 454 g/mol. The summed E-state index contributed by atoms with van der Waals surface area (Å²) in [5, 5.41) is 7.74. The van der Waals surface area contributed by atoms with Crippen molar-refractivity contribution in [2.45, 2.75) is 20.5 Å². The molecule has 0 radical (unpaired) electrons. The summed E-state index contributed by atoms with van der Waals surface area (Å²) >= 11 is 0. The Bertz CT molecular complexity index is 1160. The first kappa shape index (κ1) is 25.1. The number of ether oxygens (including phenoxy) is 2. The molecule has 0 aliphatic heterocycles.